The predicted octanol–water partition coefficient (Wildman–Crippen LogP) is 4.17. The highest BCUT2D eigenvalue weighted by Crippen LogP contribution is 2.26. The number of nitrogens with zero attached hydrogens (tertiary/aromatic N) is 1. The van der Waals surface area contributed by atoms with Crippen molar-refractivity contribution in [1.82, 2.24) is 4.90 Å². The standard InChI is InChI=1S/C22H28ClNO5/c23-18-15-17(16-25)10-11-19(18)29-22(28)9-7-5-3-1-2-4-6-8-14-24-20(26)12-13-21(24)27/h10-13,15,25H,1-9,14,16H2. The van der Waals surface area contributed by atoms with Crippen LogP contribution in [0.5, 0.6) is 5.75 Å². The summed E-state index contributed by atoms with van der Waals surface area (Å²) in [5, 5.41) is 9.37. The molecule has 0 spiro atoms. The number of rotatable bonds is 13. The zero-order valence-corrected chi connectivity index (χ0v) is 17.3. The first-order valence-corrected chi connectivity index (χ1v) is 10.5. The number of benzene rings is 1. The van der Waals surface area contributed by atoms with E-state index in [1.807, 2.05) is 0 Å². The minimum atomic E-state index is -0.302. The minimum Gasteiger partial charge on any atom is -0.425 e. The lowest BCUT2D eigenvalue weighted by molar-refractivity contribution is -0.137. The van der Waals surface area contributed by atoms with Gasteiger partial charge >= 0.3 is 5.97 Å². The maximum atomic E-state index is 11.9. The van der Waals surface area contributed by atoms with Gasteiger partial charge in [-0.2, -0.15) is 0 Å². The third kappa shape index (κ3) is 7.99. The molecule has 0 bridgehead atoms. The number of carbonyl (C=O) groups is 3. The molecule has 0 saturated heterocycles. The Morgan fingerprint density at radius 3 is 2.10 bits per heavy atom. The summed E-state index contributed by atoms with van der Waals surface area (Å²) < 4.78 is 5.27. The molecule has 1 aliphatic heterocycles. The molecule has 1 heterocycles. The summed E-state index contributed by atoms with van der Waals surface area (Å²) in [6.45, 7) is 0.392. The first-order valence-electron chi connectivity index (χ1n) is 10.1. The van der Waals surface area contributed by atoms with Crippen LogP contribution in [0.1, 0.15) is 63.4 Å². The Balaban J connectivity index is 1.45. The van der Waals surface area contributed by atoms with Crippen molar-refractivity contribution >= 4 is 29.4 Å². The zero-order valence-electron chi connectivity index (χ0n) is 16.6. The van der Waals surface area contributed by atoms with E-state index in [0.717, 1.165) is 51.4 Å². The smallest absolute Gasteiger partial charge is 0.311 e. The van der Waals surface area contributed by atoms with Crippen molar-refractivity contribution in [2.45, 2.75) is 64.4 Å². The number of halogens is 1. The Morgan fingerprint density at radius 1 is 0.931 bits per heavy atom. The number of aliphatic hydroxyl groups excluding tert-OH is 1. The van der Waals surface area contributed by atoms with E-state index in [0.29, 0.717) is 29.3 Å². The van der Waals surface area contributed by atoms with Gasteiger partial charge < -0.3 is 9.84 Å². The lowest BCUT2D eigenvalue weighted by Crippen LogP contribution is -2.30. The SMILES string of the molecule is O=C(CCCCCCCCCCN1C(=O)C=CC1=O)Oc1ccc(CO)cc1Cl. The van der Waals surface area contributed by atoms with Gasteiger partial charge in [0.05, 0.1) is 11.6 Å². The van der Waals surface area contributed by atoms with Gasteiger partial charge in [-0.3, -0.25) is 19.3 Å². The van der Waals surface area contributed by atoms with Crippen LogP contribution in [0.2, 0.25) is 5.02 Å². The lowest BCUT2D eigenvalue weighted by atomic mass is 10.1. The Hall–Kier alpha value is -2.18. The molecule has 2 rings (SSSR count). The summed E-state index contributed by atoms with van der Waals surface area (Å²) in [4.78, 5) is 36.0. The Kier molecular flexibility index (Phi) is 9.88. The second kappa shape index (κ2) is 12.4. The van der Waals surface area contributed by atoms with Crippen LogP contribution in [0.4, 0.5) is 0 Å². The summed E-state index contributed by atoms with van der Waals surface area (Å²) in [6.07, 6.45) is 10.9. The van der Waals surface area contributed by atoms with Crippen molar-refractivity contribution < 1.29 is 24.2 Å². The van der Waals surface area contributed by atoms with Crippen LogP contribution in [-0.2, 0) is 21.0 Å². The van der Waals surface area contributed by atoms with Crippen LogP contribution in [0.15, 0.2) is 30.4 Å². The molecule has 0 fully saturated rings. The van der Waals surface area contributed by atoms with E-state index in [4.69, 9.17) is 21.4 Å². The zero-order chi connectivity index (χ0) is 21.1. The summed E-state index contributed by atoms with van der Waals surface area (Å²) in [5.74, 6) is -0.401. The van der Waals surface area contributed by atoms with Crippen molar-refractivity contribution in [3.63, 3.8) is 0 Å². The second-order valence-electron chi connectivity index (χ2n) is 7.14. The molecule has 1 aromatic carbocycles. The van der Waals surface area contributed by atoms with Gasteiger partial charge in [-0.1, -0.05) is 56.2 Å². The van der Waals surface area contributed by atoms with E-state index in [9.17, 15) is 14.4 Å². The largest absolute Gasteiger partial charge is 0.425 e. The van der Waals surface area contributed by atoms with E-state index in [2.05, 4.69) is 0 Å². The lowest BCUT2D eigenvalue weighted by Gasteiger charge is -2.13. The predicted molar refractivity (Wildman–Crippen MR) is 110 cm³/mol. The quantitative estimate of drug-likeness (QED) is 0.223. The molecule has 6 nitrogen and oxygen atoms in total. The van der Waals surface area contributed by atoms with Crippen molar-refractivity contribution in [3.8, 4) is 5.75 Å². The number of aliphatic hydroxyl groups is 1. The summed E-state index contributed by atoms with van der Waals surface area (Å²) in [7, 11) is 0. The number of esters is 1. The molecule has 2 amide bonds. The van der Waals surface area contributed by atoms with E-state index >= 15 is 0 Å². The van der Waals surface area contributed by atoms with E-state index in [1.165, 1.54) is 17.1 Å². The van der Waals surface area contributed by atoms with Gasteiger partial charge in [0, 0.05) is 25.1 Å². The van der Waals surface area contributed by atoms with E-state index in [1.54, 1.807) is 18.2 Å². The molecule has 29 heavy (non-hydrogen) atoms. The number of unbranched alkanes of at least 4 members (excludes halogenated alkanes) is 7. The molecule has 0 aromatic heterocycles. The number of ether oxygens (including phenoxy) is 1. The highest BCUT2D eigenvalue weighted by atomic mass is 35.5. The van der Waals surface area contributed by atoms with Gasteiger partial charge in [0.2, 0.25) is 0 Å². The van der Waals surface area contributed by atoms with Gasteiger partial charge in [0.15, 0.2) is 0 Å². The van der Waals surface area contributed by atoms with Gasteiger partial charge in [-0.15, -0.1) is 0 Å². The fraction of sp³-hybridized carbons (Fsp3) is 0.500. The molecule has 158 valence electrons. The maximum Gasteiger partial charge on any atom is 0.311 e. The molecule has 7 heteroatoms. The molecular weight excluding hydrogens is 394 g/mol. The number of carbonyl (C=O) groups excluding carboxylic acids is 3. The van der Waals surface area contributed by atoms with E-state index < -0.39 is 0 Å². The highest BCUT2D eigenvalue weighted by molar-refractivity contribution is 6.32. The van der Waals surface area contributed by atoms with Crippen molar-refractivity contribution in [3.05, 3.63) is 40.9 Å². The molecular formula is C22H28ClNO5. The van der Waals surface area contributed by atoms with Crippen molar-refractivity contribution in [2.24, 2.45) is 0 Å². The van der Waals surface area contributed by atoms with Gasteiger partial charge in [0.25, 0.3) is 11.8 Å². The van der Waals surface area contributed by atoms with Crippen LogP contribution in [0.25, 0.3) is 0 Å². The van der Waals surface area contributed by atoms with Crippen LogP contribution >= 0.6 is 11.6 Å². The van der Waals surface area contributed by atoms with Crippen LogP contribution in [0.3, 0.4) is 0 Å². The molecule has 0 atom stereocenters. The molecule has 1 aliphatic rings. The number of amides is 2. The number of hydrogen-bond acceptors (Lipinski definition) is 5. The fourth-order valence-electron chi connectivity index (χ4n) is 3.15. The first-order chi connectivity index (χ1) is 14.0. The second-order valence-corrected chi connectivity index (χ2v) is 7.54. The topological polar surface area (TPSA) is 83.9 Å². The minimum absolute atomic E-state index is 0.108. The van der Waals surface area contributed by atoms with Gasteiger partial charge in [0.1, 0.15) is 5.75 Å². The van der Waals surface area contributed by atoms with Crippen LogP contribution in [-0.4, -0.2) is 34.3 Å². The monoisotopic (exact) mass is 421 g/mol. The van der Waals surface area contributed by atoms with Crippen molar-refractivity contribution in [1.29, 1.82) is 0 Å². The Morgan fingerprint density at radius 2 is 1.52 bits per heavy atom. The Labute approximate surface area is 176 Å². The molecule has 0 aliphatic carbocycles. The Bertz CT molecular complexity index is 729. The molecule has 1 N–H and O–H groups in total. The van der Waals surface area contributed by atoms with Gasteiger partial charge in [-0.05, 0) is 30.5 Å². The summed E-state index contributed by atoms with van der Waals surface area (Å²) >= 11 is 6.03. The van der Waals surface area contributed by atoms with Gasteiger partial charge in [-0.25, -0.2) is 0 Å². The normalized spacial score (nSPS) is 13.4. The molecule has 0 saturated carbocycles. The maximum absolute atomic E-state index is 11.9. The summed E-state index contributed by atoms with van der Waals surface area (Å²) in [5.41, 5.74) is 0.671. The average Bonchev–Trinajstić information content (AvgIpc) is 3.02. The number of imide groups is 1. The van der Waals surface area contributed by atoms with Crippen molar-refractivity contribution in [2.75, 3.05) is 6.54 Å². The third-order valence-electron chi connectivity index (χ3n) is 4.82. The molecule has 0 radical (unpaired) electrons. The van der Waals surface area contributed by atoms with Crippen LogP contribution < -0.4 is 4.74 Å². The molecule has 0 unspecified atom stereocenters. The summed E-state index contributed by atoms with van der Waals surface area (Å²) in [6, 6.07) is 4.85. The molecule has 1 aromatic rings. The van der Waals surface area contributed by atoms with E-state index in [-0.39, 0.29) is 24.4 Å². The van der Waals surface area contributed by atoms with Crippen LogP contribution in [0, 0.1) is 0 Å². The first kappa shape index (κ1) is 23.1. The fourth-order valence-corrected chi connectivity index (χ4v) is 3.39. The average molecular weight is 422 g/mol. The highest BCUT2D eigenvalue weighted by Gasteiger charge is 2.22. The third-order valence-corrected chi connectivity index (χ3v) is 5.11. The number of hydrogen-bond donors (Lipinski definition) is 1.